The van der Waals surface area contributed by atoms with E-state index >= 15 is 0 Å². The first kappa shape index (κ1) is 14.5. The van der Waals surface area contributed by atoms with Crippen LogP contribution in [-0.2, 0) is 12.6 Å². The molecule has 1 unspecified atom stereocenters. The van der Waals surface area contributed by atoms with E-state index < -0.39 is 11.7 Å². The zero-order valence-corrected chi connectivity index (χ0v) is 12.6. The molecule has 0 aliphatic heterocycles. The predicted octanol–water partition coefficient (Wildman–Crippen LogP) is 5.55. The van der Waals surface area contributed by atoms with Gasteiger partial charge in [0.1, 0.15) is 5.76 Å². The molecule has 0 radical (unpaired) electrons. The van der Waals surface area contributed by atoms with E-state index in [1.165, 1.54) is 0 Å². The second-order valence-electron chi connectivity index (χ2n) is 5.11. The van der Waals surface area contributed by atoms with Crippen molar-refractivity contribution in [2.45, 2.75) is 31.5 Å². The van der Waals surface area contributed by atoms with Crippen molar-refractivity contribution >= 4 is 21.6 Å². The maximum absolute atomic E-state index is 12.9. The fourth-order valence-corrected chi connectivity index (χ4v) is 3.17. The van der Waals surface area contributed by atoms with Crippen molar-refractivity contribution in [3.63, 3.8) is 0 Å². The summed E-state index contributed by atoms with van der Waals surface area (Å²) in [6.07, 6.45) is -0.00813. The Labute approximate surface area is 128 Å². The highest BCUT2D eigenvalue weighted by atomic mass is 79.9. The number of furan rings is 1. The lowest BCUT2D eigenvalue weighted by atomic mass is 9.93. The molecule has 1 N–H and O–H groups in total. The van der Waals surface area contributed by atoms with Gasteiger partial charge in [-0.3, -0.25) is 0 Å². The average molecular weight is 360 g/mol. The van der Waals surface area contributed by atoms with E-state index in [2.05, 4.69) is 21.2 Å². The number of rotatable bonds is 2. The van der Waals surface area contributed by atoms with Gasteiger partial charge < -0.3 is 9.73 Å². The standard InChI is InChI=1S/C15H13BrF3NO/c16-10-6-9(15(17,18)19)7-11(8-10)20-13-2-1-3-14-12(13)4-5-21-14/h4-8,13,20H,1-3H2. The zero-order valence-electron chi connectivity index (χ0n) is 11.0. The van der Waals surface area contributed by atoms with Crippen LogP contribution in [0.5, 0.6) is 0 Å². The van der Waals surface area contributed by atoms with E-state index in [9.17, 15) is 13.2 Å². The molecule has 2 aromatic rings. The van der Waals surface area contributed by atoms with E-state index in [0.29, 0.717) is 10.2 Å². The minimum atomic E-state index is -4.35. The molecule has 112 valence electrons. The molecule has 0 saturated carbocycles. The van der Waals surface area contributed by atoms with Gasteiger partial charge in [0, 0.05) is 22.1 Å². The van der Waals surface area contributed by atoms with Gasteiger partial charge in [0.25, 0.3) is 0 Å². The molecule has 0 saturated heterocycles. The van der Waals surface area contributed by atoms with Gasteiger partial charge in [-0.05, 0) is 37.1 Å². The average Bonchev–Trinajstić information content (AvgIpc) is 2.86. The van der Waals surface area contributed by atoms with Crippen molar-refractivity contribution < 1.29 is 17.6 Å². The monoisotopic (exact) mass is 359 g/mol. The molecule has 3 rings (SSSR count). The minimum Gasteiger partial charge on any atom is -0.469 e. The van der Waals surface area contributed by atoms with Crippen molar-refractivity contribution in [1.29, 1.82) is 0 Å². The Balaban J connectivity index is 1.88. The quantitative estimate of drug-likeness (QED) is 0.760. The first-order valence-electron chi connectivity index (χ1n) is 6.64. The highest BCUT2D eigenvalue weighted by Gasteiger charge is 2.31. The molecule has 0 amide bonds. The molecule has 1 aliphatic carbocycles. The van der Waals surface area contributed by atoms with Crippen molar-refractivity contribution in [3.05, 3.63) is 51.9 Å². The molecule has 1 aromatic carbocycles. The number of halogens is 4. The van der Waals surface area contributed by atoms with Gasteiger partial charge in [-0.15, -0.1) is 0 Å². The van der Waals surface area contributed by atoms with Crippen LogP contribution >= 0.6 is 15.9 Å². The fourth-order valence-electron chi connectivity index (χ4n) is 2.67. The molecular formula is C15H13BrF3NO. The summed E-state index contributed by atoms with van der Waals surface area (Å²) in [4.78, 5) is 0. The molecule has 0 bridgehead atoms. The second-order valence-corrected chi connectivity index (χ2v) is 6.03. The summed E-state index contributed by atoms with van der Waals surface area (Å²) in [5.74, 6) is 0.921. The van der Waals surface area contributed by atoms with Crippen LogP contribution in [0.15, 0.2) is 39.4 Å². The van der Waals surface area contributed by atoms with E-state index in [1.54, 1.807) is 12.3 Å². The Hall–Kier alpha value is -1.43. The summed E-state index contributed by atoms with van der Waals surface area (Å²) < 4.78 is 44.4. The van der Waals surface area contributed by atoms with E-state index in [1.807, 2.05) is 6.07 Å². The van der Waals surface area contributed by atoms with E-state index in [4.69, 9.17) is 4.42 Å². The summed E-state index contributed by atoms with van der Waals surface area (Å²) in [5.41, 5.74) is 0.827. The lowest BCUT2D eigenvalue weighted by Gasteiger charge is -2.24. The third kappa shape index (κ3) is 3.10. The van der Waals surface area contributed by atoms with Gasteiger partial charge in [0.15, 0.2) is 0 Å². The molecule has 2 nitrogen and oxygen atoms in total. The maximum Gasteiger partial charge on any atom is 0.416 e. The maximum atomic E-state index is 12.9. The predicted molar refractivity (Wildman–Crippen MR) is 77.2 cm³/mol. The molecule has 1 atom stereocenters. The van der Waals surface area contributed by atoms with Crippen LogP contribution in [0.2, 0.25) is 0 Å². The van der Waals surface area contributed by atoms with Crippen LogP contribution in [-0.4, -0.2) is 0 Å². The molecule has 1 aliphatic rings. The largest absolute Gasteiger partial charge is 0.469 e. The second kappa shape index (κ2) is 5.40. The Morgan fingerprint density at radius 1 is 1.24 bits per heavy atom. The molecule has 1 heterocycles. The third-order valence-electron chi connectivity index (χ3n) is 3.62. The Morgan fingerprint density at radius 2 is 2.05 bits per heavy atom. The smallest absolute Gasteiger partial charge is 0.416 e. The Kier molecular flexibility index (Phi) is 3.73. The van der Waals surface area contributed by atoms with E-state index in [0.717, 1.165) is 42.7 Å². The van der Waals surface area contributed by atoms with Crippen LogP contribution in [0.4, 0.5) is 18.9 Å². The minimum absolute atomic E-state index is 0.0112. The van der Waals surface area contributed by atoms with Gasteiger partial charge in [-0.25, -0.2) is 0 Å². The fraction of sp³-hybridized carbons (Fsp3) is 0.333. The molecule has 6 heteroatoms. The summed E-state index contributed by atoms with van der Waals surface area (Å²) in [5, 5.41) is 3.19. The highest BCUT2D eigenvalue weighted by molar-refractivity contribution is 9.10. The van der Waals surface area contributed by atoms with Crippen LogP contribution in [0, 0.1) is 0 Å². The topological polar surface area (TPSA) is 25.2 Å². The van der Waals surface area contributed by atoms with Crippen molar-refractivity contribution in [2.24, 2.45) is 0 Å². The number of hydrogen-bond acceptors (Lipinski definition) is 2. The van der Waals surface area contributed by atoms with Crippen LogP contribution in [0.25, 0.3) is 0 Å². The highest BCUT2D eigenvalue weighted by Crippen LogP contribution is 2.37. The number of nitrogens with one attached hydrogen (secondary N) is 1. The van der Waals surface area contributed by atoms with Crippen molar-refractivity contribution in [1.82, 2.24) is 0 Å². The van der Waals surface area contributed by atoms with Gasteiger partial charge in [0.2, 0.25) is 0 Å². The van der Waals surface area contributed by atoms with Crippen LogP contribution in [0.1, 0.15) is 35.8 Å². The first-order valence-corrected chi connectivity index (χ1v) is 7.43. The number of fused-ring (bicyclic) bond motifs is 1. The molecular weight excluding hydrogens is 347 g/mol. The Morgan fingerprint density at radius 3 is 2.81 bits per heavy atom. The SMILES string of the molecule is FC(F)(F)c1cc(Br)cc(NC2CCCc3occc32)c1. The number of aryl methyl sites for hydroxylation is 1. The van der Waals surface area contributed by atoms with Crippen LogP contribution in [0.3, 0.4) is 0 Å². The molecule has 0 fully saturated rings. The summed E-state index contributed by atoms with van der Waals surface area (Å²) >= 11 is 3.14. The molecule has 0 spiro atoms. The zero-order chi connectivity index (χ0) is 15.0. The summed E-state index contributed by atoms with van der Waals surface area (Å²) in [6, 6.07) is 5.75. The first-order chi connectivity index (χ1) is 9.93. The Bertz CT molecular complexity index is 651. The van der Waals surface area contributed by atoms with Gasteiger partial charge in [-0.2, -0.15) is 13.2 Å². The number of alkyl halides is 3. The van der Waals surface area contributed by atoms with Crippen LogP contribution < -0.4 is 5.32 Å². The van der Waals surface area contributed by atoms with Gasteiger partial charge in [0.05, 0.1) is 17.9 Å². The number of benzene rings is 1. The third-order valence-corrected chi connectivity index (χ3v) is 4.08. The molecule has 21 heavy (non-hydrogen) atoms. The summed E-state index contributed by atoms with van der Waals surface area (Å²) in [6.45, 7) is 0. The van der Waals surface area contributed by atoms with Gasteiger partial charge in [-0.1, -0.05) is 15.9 Å². The lowest BCUT2D eigenvalue weighted by Crippen LogP contribution is -2.16. The van der Waals surface area contributed by atoms with Gasteiger partial charge >= 0.3 is 6.18 Å². The van der Waals surface area contributed by atoms with E-state index in [-0.39, 0.29) is 6.04 Å². The number of anilines is 1. The molecule has 1 aromatic heterocycles. The lowest BCUT2D eigenvalue weighted by molar-refractivity contribution is -0.137. The van der Waals surface area contributed by atoms with Crippen molar-refractivity contribution in [2.75, 3.05) is 5.32 Å². The summed E-state index contributed by atoms with van der Waals surface area (Å²) in [7, 11) is 0. The normalized spacial score (nSPS) is 18.4. The van der Waals surface area contributed by atoms with Crippen molar-refractivity contribution in [3.8, 4) is 0 Å². The number of hydrogen-bond donors (Lipinski definition) is 1.